The Labute approximate surface area is 133 Å². The fourth-order valence-corrected chi connectivity index (χ4v) is 3.23. The number of non-ortho nitro benzene ring substituents is 1. The number of aryl methyl sites for hydroxylation is 1. The van der Waals surface area contributed by atoms with Crippen molar-refractivity contribution in [1.29, 1.82) is 0 Å². The molecule has 0 aliphatic heterocycles. The number of anilines is 1. The van der Waals surface area contributed by atoms with Crippen molar-refractivity contribution >= 4 is 33.0 Å². The Morgan fingerprint density at radius 3 is 2.45 bits per heavy atom. The van der Waals surface area contributed by atoms with Crippen LogP contribution in [0.5, 0.6) is 0 Å². The number of rotatable bonds is 4. The molecule has 0 radical (unpaired) electrons. The van der Waals surface area contributed by atoms with Crippen LogP contribution in [0.15, 0.2) is 47.4 Å². The van der Waals surface area contributed by atoms with Crippen molar-refractivity contribution in [3.63, 3.8) is 0 Å². The summed E-state index contributed by atoms with van der Waals surface area (Å²) in [5, 5.41) is 11.2. The average molecular weight is 341 g/mol. The van der Waals surface area contributed by atoms with Gasteiger partial charge in [-0.05, 0) is 30.7 Å². The molecule has 0 aromatic heterocycles. The average Bonchev–Trinajstić information content (AvgIpc) is 2.49. The second-order valence-electron chi connectivity index (χ2n) is 4.66. The van der Waals surface area contributed by atoms with Gasteiger partial charge in [-0.25, -0.2) is 8.42 Å². The number of nitrogens with zero attached hydrogens (tertiary/aromatic N) is 2. The minimum absolute atomic E-state index is 0.152. The van der Waals surface area contributed by atoms with Gasteiger partial charge in [-0.2, -0.15) is 0 Å². The number of sulfonamides is 1. The molecule has 0 aliphatic carbocycles. The molecule has 2 rings (SSSR count). The van der Waals surface area contributed by atoms with Gasteiger partial charge in [0.15, 0.2) is 0 Å². The Hall–Kier alpha value is -2.12. The highest BCUT2D eigenvalue weighted by Gasteiger charge is 2.23. The zero-order chi connectivity index (χ0) is 16.5. The predicted molar refractivity (Wildman–Crippen MR) is 84.9 cm³/mol. The first-order valence-electron chi connectivity index (χ1n) is 6.23. The van der Waals surface area contributed by atoms with Crippen molar-refractivity contribution in [2.24, 2.45) is 0 Å². The third kappa shape index (κ3) is 3.05. The molecule has 0 saturated heterocycles. The Morgan fingerprint density at radius 1 is 1.18 bits per heavy atom. The van der Waals surface area contributed by atoms with Gasteiger partial charge in [0.2, 0.25) is 0 Å². The lowest BCUT2D eigenvalue weighted by molar-refractivity contribution is -0.385. The van der Waals surface area contributed by atoms with E-state index in [0.29, 0.717) is 10.7 Å². The molecule has 0 unspecified atom stereocenters. The third-order valence-electron chi connectivity index (χ3n) is 3.21. The van der Waals surface area contributed by atoms with Gasteiger partial charge in [0.05, 0.1) is 15.5 Å². The zero-order valence-electron chi connectivity index (χ0n) is 11.9. The van der Waals surface area contributed by atoms with Crippen LogP contribution < -0.4 is 4.31 Å². The van der Waals surface area contributed by atoms with Crippen molar-refractivity contribution in [2.75, 3.05) is 11.4 Å². The van der Waals surface area contributed by atoms with Crippen molar-refractivity contribution < 1.29 is 13.3 Å². The second-order valence-corrected chi connectivity index (χ2v) is 7.04. The van der Waals surface area contributed by atoms with Gasteiger partial charge in [-0.15, -0.1) is 0 Å². The lowest BCUT2D eigenvalue weighted by Gasteiger charge is -2.20. The zero-order valence-corrected chi connectivity index (χ0v) is 13.4. The smallest absolute Gasteiger partial charge is 0.269 e. The van der Waals surface area contributed by atoms with E-state index in [2.05, 4.69) is 0 Å². The summed E-state index contributed by atoms with van der Waals surface area (Å²) in [6.45, 7) is 1.81. The Balaban J connectivity index is 2.47. The van der Waals surface area contributed by atoms with E-state index in [-0.39, 0.29) is 10.6 Å². The molecule has 0 N–H and O–H groups in total. The monoisotopic (exact) mass is 340 g/mol. The maximum absolute atomic E-state index is 12.6. The van der Waals surface area contributed by atoms with Crippen LogP contribution in [-0.4, -0.2) is 20.4 Å². The SMILES string of the molecule is Cc1ccc(N(C)S(=O)(=O)c2cccc([N+](=O)[O-])c2)cc1Cl. The van der Waals surface area contributed by atoms with E-state index in [1.807, 2.05) is 0 Å². The molecular weight excluding hydrogens is 328 g/mol. The molecule has 8 heteroatoms. The van der Waals surface area contributed by atoms with Crippen molar-refractivity contribution in [3.05, 3.63) is 63.2 Å². The molecule has 2 aromatic rings. The molecule has 6 nitrogen and oxygen atoms in total. The maximum atomic E-state index is 12.6. The highest BCUT2D eigenvalue weighted by Crippen LogP contribution is 2.27. The largest absolute Gasteiger partial charge is 0.270 e. The van der Waals surface area contributed by atoms with Crippen LogP contribution in [0.25, 0.3) is 0 Å². The summed E-state index contributed by atoms with van der Waals surface area (Å²) in [6.07, 6.45) is 0. The van der Waals surface area contributed by atoms with Crippen LogP contribution in [-0.2, 0) is 10.0 Å². The minimum atomic E-state index is -3.91. The standard InChI is InChI=1S/C14H13ClN2O4S/c1-10-6-7-11(9-14(10)15)16(2)22(20,21)13-5-3-4-12(8-13)17(18)19/h3-9H,1-2H3. The summed E-state index contributed by atoms with van der Waals surface area (Å²) in [5.74, 6) is 0. The Bertz CT molecular complexity index is 836. The summed E-state index contributed by atoms with van der Waals surface area (Å²) in [7, 11) is -2.54. The maximum Gasteiger partial charge on any atom is 0.270 e. The van der Waals surface area contributed by atoms with Crippen LogP contribution in [0, 0.1) is 17.0 Å². The van der Waals surface area contributed by atoms with Crippen LogP contribution in [0.3, 0.4) is 0 Å². The number of benzene rings is 2. The number of hydrogen-bond donors (Lipinski definition) is 0. The number of nitro benzene ring substituents is 1. The van der Waals surface area contributed by atoms with Crippen molar-refractivity contribution in [2.45, 2.75) is 11.8 Å². The first-order chi connectivity index (χ1) is 10.2. The number of halogens is 1. The highest BCUT2D eigenvalue weighted by molar-refractivity contribution is 7.92. The molecule has 0 atom stereocenters. The van der Waals surface area contributed by atoms with E-state index in [4.69, 9.17) is 11.6 Å². The quantitative estimate of drug-likeness (QED) is 0.631. The Morgan fingerprint density at radius 2 is 1.86 bits per heavy atom. The van der Waals surface area contributed by atoms with Gasteiger partial charge in [0.1, 0.15) is 0 Å². The van der Waals surface area contributed by atoms with Crippen LogP contribution >= 0.6 is 11.6 Å². The lowest BCUT2D eigenvalue weighted by atomic mass is 10.2. The molecule has 0 amide bonds. The van der Waals surface area contributed by atoms with Gasteiger partial charge < -0.3 is 0 Å². The van der Waals surface area contributed by atoms with E-state index in [1.165, 1.54) is 31.3 Å². The van der Waals surface area contributed by atoms with E-state index < -0.39 is 14.9 Å². The van der Waals surface area contributed by atoms with Crippen molar-refractivity contribution in [3.8, 4) is 0 Å². The van der Waals surface area contributed by atoms with Gasteiger partial charge in [0, 0.05) is 24.2 Å². The normalized spacial score (nSPS) is 11.2. The number of hydrogen-bond acceptors (Lipinski definition) is 4. The second kappa shape index (κ2) is 5.94. The van der Waals surface area contributed by atoms with Crippen molar-refractivity contribution in [1.82, 2.24) is 0 Å². The molecule has 2 aromatic carbocycles. The van der Waals surface area contributed by atoms with Gasteiger partial charge in [0.25, 0.3) is 15.7 Å². The Kier molecular flexibility index (Phi) is 4.39. The van der Waals surface area contributed by atoms with Crippen LogP contribution in [0.4, 0.5) is 11.4 Å². The molecular formula is C14H13ClN2O4S. The fraction of sp³-hybridized carbons (Fsp3) is 0.143. The van der Waals surface area contributed by atoms with E-state index >= 15 is 0 Å². The predicted octanol–water partition coefficient (Wildman–Crippen LogP) is 3.38. The highest BCUT2D eigenvalue weighted by atomic mass is 35.5. The summed E-state index contributed by atoms with van der Waals surface area (Å²) in [4.78, 5) is 9.99. The van der Waals surface area contributed by atoms with Gasteiger partial charge >= 0.3 is 0 Å². The van der Waals surface area contributed by atoms with Gasteiger partial charge in [-0.3, -0.25) is 14.4 Å². The molecule has 22 heavy (non-hydrogen) atoms. The van der Waals surface area contributed by atoms with E-state index in [1.54, 1.807) is 19.1 Å². The van der Waals surface area contributed by atoms with E-state index in [0.717, 1.165) is 15.9 Å². The minimum Gasteiger partial charge on any atom is -0.269 e. The molecule has 0 fully saturated rings. The molecule has 116 valence electrons. The molecule has 0 heterocycles. The first kappa shape index (κ1) is 16.3. The van der Waals surface area contributed by atoms with E-state index in [9.17, 15) is 18.5 Å². The van der Waals surface area contributed by atoms with Gasteiger partial charge in [-0.1, -0.05) is 23.7 Å². The fourth-order valence-electron chi connectivity index (χ4n) is 1.83. The molecule has 0 aliphatic rings. The molecule has 0 bridgehead atoms. The summed E-state index contributed by atoms with van der Waals surface area (Å²) >= 11 is 6.01. The third-order valence-corrected chi connectivity index (χ3v) is 5.39. The van der Waals surface area contributed by atoms with Crippen LogP contribution in [0.2, 0.25) is 5.02 Å². The summed E-state index contributed by atoms with van der Waals surface area (Å²) in [5.41, 5.74) is 0.921. The topological polar surface area (TPSA) is 80.5 Å². The molecule has 0 spiro atoms. The van der Waals surface area contributed by atoms with Crippen LogP contribution in [0.1, 0.15) is 5.56 Å². The first-order valence-corrected chi connectivity index (χ1v) is 8.05. The lowest BCUT2D eigenvalue weighted by Crippen LogP contribution is -2.26. The molecule has 0 saturated carbocycles. The summed E-state index contributed by atoms with van der Waals surface area (Å²) < 4.78 is 26.2. The summed E-state index contributed by atoms with van der Waals surface area (Å²) in [6, 6.07) is 9.78. The number of nitro groups is 1.